The van der Waals surface area contributed by atoms with Crippen molar-refractivity contribution in [3.05, 3.63) is 41.1 Å². The lowest BCUT2D eigenvalue weighted by Crippen LogP contribution is -2.27. The van der Waals surface area contributed by atoms with Crippen LogP contribution in [0.1, 0.15) is 40.5 Å². The number of fused-ring (bicyclic) bond motifs is 1. The minimum Gasteiger partial charge on any atom is -0.507 e. The fraction of sp³-hybridized carbons (Fsp3) is 0.286. The number of hydrogen-bond acceptors (Lipinski definition) is 4. The summed E-state index contributed by atoms with van der Waals surface area (Å²) in [6.45, 7) is 2.69. The first-order chi connectivity index (χ1) is 8.65. The maximum atomic E-state index is 12.1. The van der Waals surface area contributed by atoms with E-state index in [1.54, 1.807) is 12.1 Å². The van der Waals surface area contributed by atoms with E-state index in [0.29, 0.717) is 6.54 Å². The van der Waals surface area contributed by atoms with Gasteiger partial charge in [0, 0.05) is 18.2 Å². The lowest BCUT2D eigenvalue weighted by molar-refractivity contribution is 0.0975. The van der Waals surface area contributed by atoms with Gasteiger partial charge in [-0.15, -0.1) is 0 Å². The van der Waals surface area contributed by atoms with Gasteiger partial charge in [0.1, 0.15) is 5.75 Å². The lowest BCUT2D eigenvalue weighted by atomic mass is 9.92. The van der Waals surface area contributed by atoms with Crippen molar-refractivity contribution in [2.75, 3.05) is 6.54 Å². The summed E-state index contributed by atoms with van der Waals surface area (Å²) in [5.74, 6) is -0.716. The fourth-order valence-corrected chi connectivity index (χ4v) is 1.92. The molecule has 2 N–H and O–H groups in total. The topological polar surface area (TPSA) is 66.4 Å². The number of aromatic hydroxyl groups is 1. The predicted octanol–water partition coefficient (Wildman–Crippen LogP) is 2.04. The predicted molar refractivity (Wildman–Crippen MR) is 67.8 cm³/mol. The van der Waals surface area contributed by atoms with E-state index < -0.39 is 0 Å². The molecule has 18 heavy (non-hydrogen) atoms. The molecule has 0 bridgehead atoms. The minimum atomic E-state index is -0.321. The van der Waals surface area contributed by atoms with Crippen LogP contribution in [0.25, 0.3) is 0 Å². The number of Topliss-reactive ketones (excluding diaryl/α,β-unsaturated/α-hetero) is 1. The van der Waals surface area contributed by atoms with E-state index in [9.17, 15) is 14.7 Å². The minimum absolute atomic E-state index is 0.101. The molecule has 0 fully saturated rings. The maximum Gasteiger partial charge on any atom is 0.213 e. The lowest BCUT2D eigenvalue weighted by Gasteiger charge is -2.17. The Kier molecular flexibility index (Phi) is 3.46. The zero-order chi connectivity index (χ0) is 13.1. The second-order valence-electron chi connectivity index (χ2n) is 4.23. The Morgan fingerprint density at radius 2 is 2.06 bits per heavy atom. The third-order valence-electron chi connectivity index (χ3n) is 2.90. The van der Waals surface area contributed by atoms with Crippen LogP contribution < -0.4 is 5.32 Å². The van der Waals surface area contributed by atoms with Crippen molar-refractivity contribution in [3.8, 4) is 5.75 Å². The maximum absolute atomic E-state index is 12.1. The van der Waals surface area contributed by atoms with Crippen molar-refractivity contribution >= 4 is 11.6 Å². The number of unbranched alkanes of at least 4 members (excludes halogenated alkanes) is 1. The van der Waals surface area contributed by atoms with Gasteiger partial charge in [-0.1, -0.05) is 25.5 Å². The molecule has 1 aliphatic rings. The average molecular weight is 245 g/mol. The van der Waals surface area contributed by atoms with Gasteiger partial charge in [0.15, 0.2) is 5.78 Å². The van der Waals surface area contributed by atoms with Gasteiger partial charge in [-0.25, -0.2) is 0 Å². The highest BCUT2D eigenvalue weighted by atomic mass is 16.3. The van der Waals surface area contributed by atoms with E-state index in [4.69, 9.17) is 0 Å². The van der Waals surface area contributed by atoms with Crippen LogP contribution in [0.4, 0.5) is 0 Å². The van der Waals surface area contributed by atoms with Gasteiger partial charge in [0.25, 0.3) is 0 Å². The van der Waals surface area contributed by atoms with Gasteiger partial charge in [-0.2, -0.15) is 0 Å². The van der Waals surface area contributed by atoms with Crippen LogP contribution in [0.15, 0.2) is 30.0 Å². The number of benzene rings is 1. The molecule has 0 heterocycles. The summed E-state index contributed by atoms with van der Waals surface area (Å²) in [5.41, 5.74) is 0.632. The molecular formula is C14H15NO3. The third-order valence-corrected chi connectivity index (χ3v) is 2.90. The van der Waals surface area contributed by atoms with Crippen LogP contribution in [0.5, 0.6) is 5.75 Å². The van der Waals surface area contributed by atoms with E-state index in [0.717, 1.165) is 12.8 Å². The van der Waals surface area contributed by atoms with E-state index >= 15 is 0 Å². The standard InChI is InChI=1S/C14H15NO3/c1-2-3-7-15-10-8-12(17)9-5-4-6-11(16)13(9)14(10)18/h4-6,8,15-16H,2-3,7H2,1H3. The molecule has 94 valence electrons. The van der Waals surface area contributed by atoms with Crippen molar-refractivity contribution in [3.63, 3.8) is 0 Å². The second-order valence-corrected chi connectivity index (χ2v) is 4.23. The first-order valence-electron chi connectivity index (χ1n) is 6.01. The van der Waals surface area contributed by atoms with Gasteiger partial charge in [-0.05, 0) is 12.5 Å². The Morgan fingerprint density at radius 3 is 2.78 bits per heavy atom. The summed E-state index contributed by atoms with van der Waals surface area (Å²) < 4.78 is 0. The summed E-state index contributed by atoms with van der Waals surface area (Å²) in [4.78, 5) is 24.0. The molecule has 2 rings (SSSR count). The molecule has 1 aliphatic carbocycles. The zero-order valence-electron chi connectivity index (χ0n) is 10.2. The Labute approximate surface area is 105 Å². The summed E-state index contributed by atoms with van der Waals surface area (Å²) in [6.07, 6.45) is 3.23. The Balaban J connectivity index is 2.31. The number of rotatable bonds is 4. The van der Waals surface area contributed by atoms with Crippen molar-refractivity contribution in [2.45, 2.75) is 19.8 Å². The number of allylic oxidation sites excluding steroid dienone is 2. The Bertz CT molecular complexity index is 532. The monoisotopic (exact) mass is 245 g/mol. The van der Waals surface area contributed by atoms with E-state index in [-0.39, 0.29) is 34.1 Å². The van der Waals surface area contributed by atoms with Crippen molar-refractivity contribution < 1.29 is 14.7 Å². The van der Waals surface area contributed by atoms with Crippen molar-refractivity contribution in [1.82, 2.24) is 5.32 Å². The first-order valence-corrected chi connectivity index (χ1v) is 6.01. The van der Waals surface area contributed by atoms with Gasteiger partial charge >= 0.3 is 0 Å². The quantitative estimate of drug-likeness (QED) is 0.797. The third kappa shape index (κ3) is 2.14. The largest absolute Gasteiger partial charge is 0.507 e. The molecule has 1 aromatic carbocycles. The molecule has 0 radical (unpaired) electrons. The van der Waals surface area contributed by atoms with E-state index in [1.165, 1.54) is 12.1 Å². The highest BCUT2D eigenvalue weighted by Gasteiger charge is 2.27. The molecule has 0 aliphatic heterocycles. The van der Waals surface area contributed by atoms with Gasteiger partial charge in [-0.3, -0.25) is 9.59 Å². The smallest absolute Gasteiger partial charge is 0.213 e. The number of carbonyl (C=O) groups is 2. The molecule has 0 amide bonds. The van der Waals surface area contributed by atoms with Crippen molar-refractivity contribution in [2.24, 2.45) is 0 Å². The molecule has 0 unspecified atom stereocenters. The molecule has 0 atom stereocenters. The van der Waals surface area contributed by atoms with Crippen LogP contribution in [0, 0.1) is 0 Å². The molecule has 4 heteroatoms. The van der Waals surface area contributed by atoms with Crippen LogP contribution in [-0.4, -0.2) is 23.2 Å². The highest BCUT2D eigenvalue weighted by molar-refractivity contribution is 6.25. The molecular weight excluding hydrogens is 230 g/mol. The molecule has 4 nitrogen and oxygen atoms in total. The number of phenols is 1. The van der Waals surface area contributed by atoms with Crippen LogP contribution in [0.2, 0.25) is 0 Å². The van der Waals surface area contributed by atoms with Gasteiger partial charge < -0.3 is 10.4 Å². The molecule has 0 aromatic heterocycles. The Hall–Kier alpha value is -2.10. The van der Waals surface area contributed by atoms with Crippen LogP contribution in [-0.2, 0) is 0 Å². The first kappa shape index (κ1) is 12.4. The average Bonchev–Trinajstić information content (AvgIpc) is 2.35. The normalized spacial score (nSPS) is 14.2. The molecule has 0 saturated heterocycles. The summed E-state index contributed by atoms with van der Waals surface area (Å²) in [6, 6.07) is 4.52. The van der Waals surface area contributed by atoms with Crippen LogP contribution in [0.3, 0.4) is 0 Å². The molecule has 0 saturated carbocycles. The van der Waals surface area contributed by atoms with E-state index in [2.05, 4.69) is 5.32 Å². The van der Waals surface area contributed by atoms with Gasteiger partial charge in [0.2, 0.25) is 5.78 Å². The Morgan fingerprint density at radius 1 is 1.28 bits per heavy atom. The number of carbonyl (C=O) groups excluding carboxylic acids is 2. The van der Waals surface area contributed by atoms with Gasteiger partial charge in [0.05, 0.1) is 11.3 Å². The number of ketones is 2. The van der Waals surface area contributed by atoms with E-state index in [1.807, 2.05) is 6.92 Å². The number of nitrogens with one attached hydrogen (secondary N) is 1. The second kappa shape index (κ2) is 5.04. The summed E-state index contributed by atoms with van der Waals surface area (Å²) in [5, 5.41) is 12.7. The number of phenolic OH excluding ortho intramolecular Hbond substituents is 1. The molecule has 1 aromatic rings. The van der Waals surface area contributed by atoms with Crippen LogP contribution >= 0.6 is 0 Å². The fourth-order valence-electron chi connectivity index (χ4n) is 1.92. The highest BCUT2D eigenvalue weighted by Crippen LogP contribution is 2.27. The SMILES string of the molecule is CCCCNC1=CC(=O)c2cccc(O)c2C1=O. The number of hydrogen-bond donors (Lipinski definition) is 2. The summed E-state index contributed by atoms with van der Waals surface area (Å²) >= 11 is 0. The van der Waals surface area contributed by atoms with Crippen molar-refractivity contribution in [1.29, 1.82) is 0 Å². The molecule has 0 spiro atoms. The zero-order valence-corrected chi connectivity index (χ0v) is 10.2. The summed E-state index contributed by atoms with van der Waals surface area (Å²) in [7, 11) is 0.